The predicted octanol–water partition coefficient (Wildman–Crippen LogP) is 10.4. The van der Waals surface area contributed by atoms with Crippen molar-refractivity contribution in [2.75, 3.05) is 10.6 Å². The van der Waals surface area contributed by atoms with Crippen LogP contribution in [-0.4, -0.2) is 20.4 Å². The van der Waals surface area contributed by atoms with Gasteiger partial charge < -0.3 is 9.79 Å². The molecule has 0 amide bonds. The molecule has 0 aliphatic carbocycles. The van der Waals surface area contributed by atoms with Crippen LogP contribution in [0.25, 0.3) is 0 Å². The molecule has 0 rings (SSSR count). The molecular formula is C27H56IO3P. The zero-order chi connectivity index (χ0) is 23.6. The van der Waals surface area contributed by atoms with E-state index in [4.69, 9.17) is 9.79 Å². The van der Waals surface area contributed by atoms with E-state index >= 15 is 0 Å². The molecule has 2 N–H and O–H groups in total. The number of halogens is 1. The zero-order valence-electron chi connectivity index (χ0n) is 21.2. The summed E-state index contributed by atoms with van der Waals surface area (Å²) in [6, 6.07) is 0. The van der Waals surface area contributed by atoms with E-state index in [0.717, 1.165) is 12.8 Å². The van der Waals surface area contributed by atoms with Crippen LogP contribution in [0, 0.1) is 0 Å². The molecule has 0 aromatic carbocycles. The topological polar surface area (TPSA) is 57.5 Å². The molecule has 0 fully saturated rings. The second kappa shape index (κ2) is 26.5. The van der Waals surface area contributed by atoms with Crippen molar-refractivity contribution >= 4 is 30.2 Å². The third kappa shape index (κ3) is 30.9. The van der Waals surface area contributed by atoms with E-state index in [1.807, 2.05) is 0 Å². The first kappa shape index (κ1) is 32.9. The largest absolute Gasteiger partial charge is 0.325 e. The Labute approximate surface area is 215 Å². The Morgan fingerprint density at radius 2 is 0.562 bits per heavy atom. The number of rotatable bonds is 27. The van der Waals surface area contributed by atoms with E-state index in [0.29, 0.717) is 6.42 Å². The van der Waals surface area contributed by atoms with Gasteiger partial charge in [-0.2, -0.15) is 0 Å². The summed E-state index contributed by atoms with van der Waals surface area (Å²) in [5.74, 6) is 0. The summed E-state index contributed by atoms with van der Waals surface area (Å²) in [6.07, 6.45) is 34.0. The van der Waals surface area contributed by atoms with Gasteiger partial charge >= 0.3 is 7.60 Å². The molecule has 0 aromatic rings. The van der Waals surface area contributed by atoms with E-state index in [9.17, 15) is 4.57 Å². The van der Waals surface area contributed by atoms with Crippen LogP contribution >= 0.6 is 30.2 Å². The molecule has 0 heterocycles. The summed E-state index contributed by atoms with van der Waals surface area (Å²) >= 11 is 2.49. The number of hydrogen-bond acceptors (Lipinski definition) is 1. The molecule has 5 heteroatoms. The van der Waals surface area contributed by atoms with Gasteiger partial charge in [0.05, 0.1) is 0 Å². The van der Waals surface area contributed by atoms with Gasteiger partial charge in [0.15, 0.2) is 0 Å². The van der Waals surface area contributed by atoms with E-state index in [2.05, 4.69) is 22.6 Å². The molecular weight excluding hydrogens is 530 g/mol. The van der Waals surface area contributed by atoms with Gasteiger partial charge in [0.1, 0.15) is 0 Å². The van der Waals surface area contributed by atoms with Crippen molar-refractivity contribution in [1.29, 1.82) is 0 Å². The molecule has 0 radical (unpaired) electrons. The van der Waals surface area contributed by atoms with Crippen molar-refractivity contribution in [1.82, 2.24) is 0 Å². The number of unbranched alkanes of at least 4 members (excludes halogenated alkanes) is 24. The molecule has 0 unspecified atom stereocenters. The second-order valence-corrected chi connectivity index (χ2v) is 12.8. The van der Waals surface area contributed by atoms with E-state index in [-0.39, 0.29) is 6.16 Å². The maximum Gasteiger partial charge on any atom is 0.325 e. The Balaban J connectivity index is 3.03. The Bertz CT molecular complexity index is 400. The summed E-state index contributed by atoms with van der Waals surface area (Å²) in [7, 11) is -3.77. The van der Waals surface area contributed by atoms with Gasteiger partial charge in [0, 0.05) is 6.16 Å². The standard InChI is InChI=1S/C27H56IO3P/c28-26-24-22-20-18-16-14-12-10-8-6-4-2-1-3-5-7-9-11-13-15-17-19-21-23-25-27-32(29,30)31/h1-27H2,(H2,29,30,31). The molecule has 0 aromatic heterocycles. The molecule has 0 aliphatic heterocycles. The van der Waals surface area contributed by atoms with Gasteiger partial charge in [-0.1, -0.05) is 170 Å². The van der Waals surface area contributed by atoms with Crippen LogP contribution < -0.4 is 0 Å². The third-order valence-electron chi connectivity index (χ3n) is 6.58. The minimum absolute atomic E-state index is 0.0617. The fourth-order valence-electron chi connectivity index (χ4n) is 4.48. The zero-order valence-corrected chi connectivity index (χ0v) is 24.3. The third-order valence-corrected chi connectivity index (χ3v) is 8.24. The SMILES string of the molecule is O=P(O)(O)CCCCCCCCCCCCCCCCCCCCCCCCCCCI. The molecule has 0 spiro atoms. The molecule has 0 saturated carbocycles. The predicted molar refractivity (Wildman–Crippen MR) is 151 cm³/mol. The van der Waals surface area contributed by atoms with Crippen molar-refractivity contribution in [2.45, 2.75) is 161 Å². The first-order chi connectivity index (χ1) is 15.6. The maximum absolute atomic E-state index is 10.8. The van der Waals surface area contributed by atoms with Crippen LogP contribution in [-0.2, 0) is 4.57 Å². The number of hydrogen-bond donors (Lipinski definition) is 2. The second-order valence-electron chi connectivity index (χ2n) is 9.92. The fraction of sp³-hybridized carbons (Fsp3) is 1.00. The molecule has 194 valence electrons. The monoisotopic (exact) mass is 586 g/mol. The first-order valence-corrected chi connectivity index (χ1v) is 17.5. The van der Waals surface area contributed by atoms with Crippen molar-refractivity contribution in [3.8, 4) is 0 Å². The lowest BCUT2D eigenvalue weighted by molar-refractivity contribution is 0.370. The number of alkyl halides is 1. The van der Waals surface area contributed by atoms with Crippen LogP contribution in [0.5, 0.6) is 0 Å². The fourth-order valence-corrected chi connectivity index (χ4v) is 5.65. The molecule has 0 aliphatic rings. The van der Waals surface area contributed by atoms with Crippen LogP contribution in [0.3, 0.4) is 0 Å². The van der Waals surface area contributed by atoms with Crippen molar-refractivity contribution in [3.63, 3.8) is 0 Å². The quantitative estimate of drug-likeness (QED) is 0.0436. The Kier molecular flexibility index (Phi) is 27.2. The maximum atomic E-state index is 10.8. The van der Waals surface area contributed by atoms with Gasteiger partial charge in [0.25, 0.3) is 0 Å². The van der Waals surface area contributed by atoms with E-state index in [1.165, 1.54) is 146 Å². The highest BCUT2D eigenvalue weighted by Crippen LogP contribution is 2.35. The Morgan fingerprint density at radius 3 is 0.750 bits per heavy atom. The lowest BCUT2D eigenvalue weighted by Gasteiger charge is -2.05. The van der Waals surface area contributed by atoms with Crippen LogP contribution in [0.15, 0.2) is 0 Å². The summed E-state index contributed by atoms with van der Waals surface area (Å²) in [5, 5.41) is 0. The minimum Gasteiger partial charge on any atom is -0.324 e. The van der Waals surface area contributed by atoms with Crippen LogP contribution in [0.1, 0.15) is 161 Å². The minimum atomic E-state index is -3.77. The highest BCUT2D eigenvalue weighted by atomic mass is 127. The first-order valence-electron chi connectivity index (χ1n) is 14.2. The molecule has 0 saturated heterocycles. The van der Waals surface area contributed by atoms with Gasteiger partial charge in [-0.3, -0.25) is 4.57 Å². The average Bonchev–Trinajstić information content (AvgIpc) is 2.75. The lowest BCUT2D eigenvalue weighted by atomic mass is 10.0. The highest BCUT2D eigenvalue weighted by molar-refractivity contribution is 14.1. The summed E-state index contributed by atoms with van der Waals surface area (Å²) in [5.41, 5.74) is 0. The summed E-state index contributed by atoms with van der Waals surface area (Å²) in [6.45, 7) is 0. The van der Waals surface area contributed by atoms with Gasteiger partial charge in [-0.15, -0.1) is 0 Å². The summed E-state index contributed by atoms with van der Waals surface area (Å²) in [4.78, 5) is 17.6. The molecule has 3 nitrogen and oxygen atoms in total. The average molecular weight is 587 g/mol. The molecule has 0 bridgehead atoms. The molecule has 0 atom stereocenters. The van der Waals surface area contributed by atoms with Crippen molar-refractivity contribution in [2.24, 2.45) is 0 Å². The lowest BCUT2D eigenvalue weighted by Crippen LogP contribution is -1.88. The van der Waals surface area contributed by atoms with E-state index < -0.39 is 7.60 Å². The van der Waals surface area contributed by atoms with Gasteiger partial charge in [0.2, 0.25) is 0 Å². The van der Waals surface area contributed by atoms with Gasteiger partial charge in [-0.05, 0) is 17.3 Å². The van der Waals surface area contributed by atoms with Crippen molar-refractivity contribution < 1.29 is 14.4 Å². The summed E-state index contributed by atoms with van der Waals surface area (Å²) < 4.78 is 12.1. The van der Waals surface area contributed by atoms with Crippen LogP contribution in [0.4, 0.5) is 0 Å². The highest BCUT2D eigenvalue weighted by Gasteiger charge is 2.10. The smallest absolute Gasteiger partial charge is 0.324 e. The van der Waals surface area contributed by atoms with Crippen molar-refractivity contribution in [3.05, 3.63) is 0 Å². The van der Waals surface area contributed by atoms with Gasteiger partial charge in [-0.25, -0.2) is 0 Å². The van der Waals surface area contributed by atoms with Crippen LogP contribution in [0.2, 0.25) is 0 Å². The van der Waals surface area contributed by atoms with E-state index in [1.54, 1.807) is 0 Å². The normalized spacial score (nSPS) is 12.0. The Hall–Kier alpha value is 0.880. The molecule has 32 heavy (non-hydrogen) atoms. The Morgan fingerprint density at radius 1 is 0.375 bits per heavy atom.